The maximum atomic E-state index is 11.9. The summed E-state index contributed by atoms with van der Waals surface area (Å²) in [7, 11) is -1.51. The number of rotatable bonds is 7. The number of halogens is 1. The molecule has 0 radical (unpaired) electrons. The molecule has 1 heterocycles. The summed E-state index contributed by atoms with van der Waals surface area (Å²) >= 11 is 0. The highest BCUT2D eigenvalue weighted by Gasteiger charge is 2.20. The Hall–Kier alpha value is -2.14. The fraction of sp³-hybridized carbons (Fsp3) is 0.391. The molecule has 0 unspecified atom stereocenters. The maximum absolute atomic E-state index is 11.9. The van der Waals surface area contributed by atoms with Crippen LogP contribution in [0.4, 0.5) is 0 Å². The number of hydrogen-bond donors (Lipinski definition) is 2. The highest BCUT2D eigenvalue weighted by Crippen LogP contribution is 2.17. The molecule has 0 bridgehead atoms. The molecule has 0 atom stereocenters. The summed E-state index contributed by atoms with van der Waals surface area (Å²) in [4.78, 5) is 18.4. The molecule has 1 aliphatic rings. The fourth-order valence-electron chi connectivity index (χ4n) is 3.76. The Kier molecular flexibility index (Phi) is 9.50. The lowest BCUT2D eigenvalue weighted by Crippen LogP contribution is -2.36. The van der Waals surface area contributed by atoms with E-state index in [4.69, 9.17) is 0 Å². The minimum atomic E-state index is -3.22. The number of carbonyl (C=O) groups is 1. The van der Waals surface area contributed by atoms with Crippen molar-refractivity contribution < 1.29 is 13.2 Å². The van der Waals surface area contributed by atoms with Gasteiger partial charge in [-0.15, -0.1) is 24.0 Å². The van der Waals surface area contributed by atoms with E-state index in [0.29, 0.717) is 36.9 Å². The topological polar surface area (TPSA) is 90.9 Å². The van der Waals surface area contributed by atoms with Crippen LogP contribution in [0.2, 0.25) is 0 Å². The zero-order valence-electron chi connectivity index (χ0n) is 18.7. The number of nitrogens with zero attached hydrogens (tertiary/aromatic N) is 2. The standard InChI is InChI=1S/C23H30N4O3S.HI/c1-17-12-19(9-10-21(17)31(3,29)30)15-26-23(24-2)25-14-18-6-4-7-20(13-18)16-27-11-5-8-22(27)28;/h4,6-7,9-10,12-13H,5,8,11,14-16H2,1-3H3,(H2,24,25,26);1H. The minimum absolute atomic E-state index is 0. The third-order valence-electron chi connectivity index (χ3n) is 5.32. The summed E-state index contributed by atoms with van der Waals surface area (Å²) in [6.07, 6.45) is 2.81. The van der Waals surface area contributed by atoms with Crippen molar-refractivity contribution >= 4 is 45.7 Å². The lowest BCUT2D eigenvalue weighted by atomic mass is 10.1. The lowest BCUT2D eigenvalue weighted by Gasteiger charge is -2.17. The van der Waals surface area contributed by atoms with E-state index in [1.54, 1.807) is 20.0 Å². The Morgan fingerprint density at radius 3 is 2.28 bits per heavy atom. The number of likely N-dealkylation sites (tertiary alicyclic amines) is 1. The van der Waals surface area contributed by atoms with Gasteiger partial charge >= 0.3 is 0 Å². The number of aryl methyl sites for hydroxylation is 1. The molecule has 0 saturated carbocycles. The van der Waals surface area contributed by atoms with Gasteiger partial charge < -0.3 is 15.5 Å². The highest BCUT2D eigenvalue weighted by molar-refractivity contribution is 14.0. The van der Waals surface area contributed by atoms with E-state index in [0.717, 1.165) is 35.2 Å². The normalized spacial score (nSPS) is 14.3. The quantitative estimate of drug-likeness (QED) is 0.304. The van der Waals surface area contributed by atoms with Crippen molar-refractivity contribution in [3.8, 4) is 0 Å². The Balaban J connectivity index is 0.00000363. The Morgan fingerprint density at radius 1 is 1.06 bits per heavy atom. The monoisotopic (exact) mass is 570 g/mol. The maximum Gasteiger partial charge on any atom is 0.222 e. The molecule has 32 heavy (non-hydrogen) atoms. The molecule has 1 aliphatic heterocycles. The van der Waals surface area contributed by atoms with Gasteiger partial charge in [0, 0.05) is 45.9 Å². The summed E-state index contributed by atoms with van der Waals surface area (Å²) in [6, 6.07) is 13.5. The summed E-state index contributed by atoms with van der Waals surface area (Å²) in [5, 5.41) is 6.56. The Bertz CT molecular complexity index is 1090. The molecule has 9 heteroatoms. The van der Waals surface area contributed by atoms with Gasteiger partial charge in [0.25, 0.3) is 0 Å². The van der Waals surface area contributed by atoms with Crippen LogP contribution in [0, 0.1) is 6.92 Å². The summed E-state index contributed by atoms with van der Waals surface area (Å²) in [6.45, 7) is 4.43. The van der Waals surface area contributed by atoms with E-state index < -0.39 is 9.84 Å². The number of hydrogen-bond acceptors (Lipinski definition) is 4. The third kappa shape index (κ3) is 7.19. The molecule has 1 fully saturated rings. The van der Waals surface area contributed by atoms with Crippen LogP contribution in [0.15, 0.2) is 52.4 Å². The second-order valence-electron chi connectivity index (χ2n) is 7.89. The van der Waals surface area contributed by atoms with Crippen molar-refractivity contribution in [1.82, 2.24) is 15.5 Å². The van der Waals surface area contributed by atoms with Crippen molar-refractivity contribution in [3.63, 3.8) is 0 Å². The molecule has 1 amide bonds. The second kappa shape index (κ2) is 11.6. The van der Waals surface area contributed by atoms with Crippen LogP contribution in [0.1, 0.15) is 35.1 Å². The van der Waals surface area contributed by atoms with E-state index in [9.17, 15) is 13.2 Å². The van der Waals surface area contributed by atoms with E-state index in [1.165, 1.54) is 6.26 Å². The predicted octanol–water partition coefficient (Wildman–Crippen LogP) is 3.00. The highest BCUT2D eigenvalue weighted by atomic mass is 127. The zero-order chi connectivity index (χ0) is 22.4. The summed E-state index contributed by atoms with van der Waals surface area (Å²) in [5.74, 6) is 0.887. The molecule has 7 nitrogen and oxygen atoms in total. The van der Waals surface area contributed by atoms with Crippen LogP contribution >= 0.6 is 24.0 Å². The summed E-state index contributed by atoms with van der Waals surface area (Å²) < 4.78 is 23.5. The number of sulfone groups is 1. The molecule has 0 aromatic heterocycles. The number of guanidine groups is 1. The van der Waals surface area contributed by atoms with Crippen molar-refractivity contribution in [3.05, 3.63) is 64.7 Å². The molecule has 3 rings (SSSR count). The minimum Gasteiger partial charge on any atom is -0.352 e. The first-order valence-electron chi connectivity index (χ1n) is 10.4. The van der Waals surface area contributed by atoms with Crippen LogP contribution in [0.25, 0.3) is 0 Å². The molecule has 2 aromatic rings. The molecule has 1 saturated heterocycles. The number of aliphatic imine (C=N–C) groups is 1. The van der Waals surface area contributed by atoms with Gasteiger partial charge in [-0.05, 0) is 41.7 Å². The number of amides is 1. The number of carbonyl (C=O) groups excluding carboxylic acids is 1. The fourth-order valence-corrected chi connectivity index (χ4v) is 4.72. The Labute approximate surface area is 207 Å². The molecule has 2 aromatic carbocycles. The van der Waals surface area contributed by atoms with Gasteiger partial charge in [0.1, 0.15) is 0 Å². The van der Waals surface area contributed by atoms with Crippen LogP contribution in [-0.2, 0) is 34.3 Å². The Morgan fingerprint density at radius 2 is 1.72 bits per heavy atom. The first-order valence-corrected chi connectivity index (χ1v) is 12.2. The van der Waals surface area contributed by atoms with Gasteiger partial charge in [-0.2, -0.15) is 0 Å². The average Bonchev–Trinajstić information content (AvgIpc) is 3.12. The van der Waals surface area contributed by atoms with Gasteiger partial charge in [0.05, 0.1) is 4.90 Å². The predicted molar refractivity (Wildman–Crippen MR) is 138 cm³/mol. The van der Waals surface area contributed by atoms with Gasteiger partial charge in [-0.25, -0.2) is 8.42 Å². The lowest BCUT2D eigenvalue weighted by molar-refractivity contribution is -0.128. The first kappa shape index (κ1) is 26.1. The van der Waals surface area contributed by atoms with Gasteiger partial charge in [0.15, 0.2) is 15.8 Å². The van der Waals surface area contributed by atoms with Gasteiger partial charge in [-0.3, -0.25) is 9.79 Å². The van der Waals surface area contributed by atoms with Crippen molar-refractivity contribution in [2.75, 3.05) is 19.8 Å². The van der Waals surface area contributed by atoms with Crippen LogP contribution in [0.5, 0.6) is 0 Å². The van der Waals surface area contributed by atoms with Crippen LogP contribution in [0.3, 0.4) is 0 Å². The third-order valence-corrected chi connectivity index (χ3v) is 6.58. The summed E-state index contributed by atoms with van der Waals surface area (Å²) in [5.41, 5.74) is 3.95. The molecule has 0 spiro atoms. The molecule has 2 N–H and O–H groups in total. The van der Waals surface area contributed by atoms with Gasteiger partial charge in [-0.1, -0.05) is 36.4 Å². The number of nitrogens with one attached hydrogen (secondary N) is 2. The van der Waals surface area contributed by atoms with E-state index in [2.05, 4.69) is 21.7 Å². The second-order valence-corrected chi connectivity index (χ2v) is 9.87. The molecule has 174 valence electrons. The SMILES string of the molecule is CN=C(NCc1cccc(CN2CCCC2=O)c1)NCc1ccc(S(C)(=O)=O)c(C)c1.I. The van der Waals surface area contributed by atoms with E-state index in [1.807, 2.05) is 35.2 Å². The van der Waals surface area contributed by atoms with Crippen molar-refractivity contribution in [2.24, 2.45) is 4.99 Å². The van der Waals surface area contributed by atoms with E-state index >= 15 is 0 Å². The molecular formula is C23H31IN4O3S. The smallest absolute Gasteiger partial charge is 0.222 e. The largest absolute Gasteiger partial charge is 0.352 e. The number of benzene rings is 2. The molecular weight excluding hydrogens is 539 g/mol. The van der Waals surface area contributed by atoms with Crippen molar-refractivity contribution in [2.45, 2.75) is 44.3 Å². The van der Waals surface area contributed by atoms with Crippen LogP contribution < -0.4 is 10.6 Å². The van der Waals surface area contributed by atoms with E-state index in [-0.39, 0.29) is 29.9 Å². The first-order chi connectivity index (χ1) is 14.8. The van der Waals surface area contributed by atoms with Crippen LogP contribution in [-0.4, -0.2) is 45.0 Å². The average molecular weight is 570 g/mol. The zero-order valence-corrected chi connectivity index (χ0v) is 21.9. The van der Waals surface area contributed by atoms with Gasteiger partial charge in [0.2, 0.25) is 5.91 Å². The molecule has 0 aliphatic carbocycles. The van der Waals surface area contributed by atoms with Crippen molar-refractivity contribution in [1.29, 1.82) is 0 Å².